The average molecular weight is 396 g/mol. The molecule has 5 heteroatoms. The molecule has 0 bridgehead atoms. The molecule has 2 fully saturated rings. The Kier molecular flexibility index (Phi) is 5.54. The highest BCUT2D eigenvalue weighted by Crippen LogP contribution is 2.53. The quantitative estimate of drug-likeness (QED) is 0.739. The molecule has 2 aromatic heterocycles. The number of aromatic nitrogens is 4. The number of likely N-dealkylation sites (tertiary alicyclic amines) is 1. The molecule has 0 atom stereocenters. The van der Waals surface area contributed by atoms with Gasteiger partial charge >= 0.3 is 0 Å². The summed E-state index contributed by atoms with van der Waals surface area (Å²) in [6, 6.07) is 4.27. The minimum atomic E-state index is 0.447. The van der Waals surface area contributed by atoms with Crippen LogP contribution in [0.2, 0.25) is 0 Å². The van der Waals surface area contributed by atoms with Gasteiger partial charge in [0.2, 0.25) is 0 Å². The van der Waals surface area contributed by atoms with E-state index in [9.17, 15) is 0 Å². The van der Waals surface area contributed by atoms with Gasteiger partial charge in [-0.3, -0.25) is 4.68 Å². The van der Waals surface area contributed by atoms with E-state index in [4.69, 9.17) is 0 Å². The van der Waals surface area contributed by atoms with E-state index in [2.05, 4.69) is 60.0 Å². The Morgan fingerprint density at radius 2 is 1.83 bits per heavy atom. The van der Waals surface area contributed by atoms with Crippen LogP contribution in [-0.4, -0.2) is 44.5 Å². The van der Waals surface area contributed by atoms with Gasteiger partial charge in [0.1, 0.15) is 5.69 Å². The number of piperidine rings is 1. The van der Waals surface area contributed by atoms with Gasteiger partial charge in [0.05, 0.1) is 17.6 Å². The Balaban J connectivity index is 1.25. The van der Waals surface area contributed by atoms with Crippen molar-refractivity contribution in [2.45, 2.75) is 66.2 Å². The Labute approximate surface area is 175 Å². The molecule has 0 N–H and O–H groups in total. The molecular weight excluding hydrogens is 358 g/mol. The summed E-state index contributed by atoms with van der Waals surface area (Å²) in [7, 11) is 1.96. The van der Waals surface area contributed by atoms with Crippen LogP contribution in [0.5, 0.6) is 0 Å². The molecule has 4 rings (SSSR count). The van der Waals surface area contributed by atoms with E-state index in [1.807, 2.05) is 17.9 Å². The first-order chi connectivity index (χ1) is 13.7. The zero-order valence-electron chi connectivity index (χ0n) is 18.9. The van der Waals surface area contributed by atoms with Crippen LogP contribution in [0, 0.1) is 23.7 Å². The lowest BCUT2D eigenvalue weighted by Gasteiger charge is -2.52. The third-order valence-electron chi connectivity index (χ3n) is 7.12. The molecule has 1 spiro atoms. The standard InChI is InChI=1S/C24H37N5/c1-18-17-25-28(5)22(18)21-7-6-20(26-27-21)14-19-15-24(16-19)9-12-29(13-10-24)11-8-23(2,3)4/h6-7,17,19H,8-16H2,1-5H3. The van der Waals surface area contributed by atoms with Gasteiger partial charge < -0.3 is 4.90 Å². The lowest BCUT2D eigenvalue weighted by atomic mass is 9.56. The number of hydrogen-bond donors (Lipinski definition) is 0. The highest BCUT2D eigenvalue weighted by Gasteiger charge is 2.45. The number of nitrogens with zero attached hydrogens (tertiary/aromatic N) is 5. The molecular formula is C24H37N5. The van der Waals surface area contributed by atoms with Crippen LogP contribution in [-0.2, 0) is 13.5 Å². The van der Waals surface area contributed by atoms with Gasteiger partial charge in [-0.15, -0.1) is 5.10 Å². The van der Waals surface area contributed by atoms with Crippen molar-refractivity contribution in [1.29, 1.82) is 0 Å². The molecule has 0 amide bonds. The van der Waals surface area contributed by atoms with Crippen molar-refractivity contribution in [3.05, 3.63) is 29.6 Å². The molecule has 158 valence electrons. The largest absolute Gasteiger partial charge is 0.303 e. The van der Waals surface area contributed by atoms with E-state index < -0.39 is 0 Å². The first-order valence-electron chi connectivity index (χ1n) is 11.3. The van der Waals surface area contributed by atoms with Gasteiger partial charge in [0, 0.05) is 7.05 Å². The molecule has 1 aliphatic carbocycles. The normalized spacial score (nSPS) is 20.2. The second-order valence-corrected chi connectivity index (χ2v) is 10.8. The maximum Gasteiger partial charge on any atom is 0.111 e. The zero-order chi connectivity index (χ0) is 20.6. The van der Waals surface area contributed by atoms with Crippen molar-refractivity contribution in [2.75, 3.05) is 19.6 Å². The van der Waals surface area contributed by atoms with E-state index in [0.29, 0.717) is 10.8 Å². The third-order valence-corrected chi connectivity index (χ3v) is 7.12. The first kappa shape index (κ1) is 20.5. The predicted molar refractivity (Wildman–Crippen MR) is 118 cm³/mol. The molecule has 0 aromatic carbocycles. The maximum absolute atomic E-state index is 4.53. The molecule has 1 saturated carbocycles. The Morgan fingerprint density at radius 3 is 2.38 bits per heavy atom. The molecule has 0 unspecified atom stereocenters. The molecule has 5 nitrogen and oxygen atoms in total. The van der Waals surface area contributed by atoms with Crippen LogP contribution in [0.4, 0.5) is 0 Å². The van der Waals surface area contributed by atoms with Crippen molar-refractivity contribution >= 4 is 0 Å². The van der Waals surface area contributed by atoms with Crippen molar-refractivity contribution < 1.29 is 0 Å². The van der Waals surface area contributed by atoms with E-state index >= 15 is 0 Å². The highest BCUT2D eigenvalue weighted by atomic mass is 15.3. The summed E-state index contributed by atoms with van der Waals surface area (Å²) in [5, 5.41) is 13.3. The minimum absolute atomic E-state index is 0.447. The summed E-state index contributed by atoms with van der Waals surface area (Å²) in [5.74, 6) is 0.787. The maximum atomic E-state index is 4.53. The van der Waals surface area contributed by atoms with Gasteiger partial charge in [-0.25, -0.2) is 0 Å². The number of hydrogen-bond acceptors (Lipinski definition) is 4. The highest BCUT2D eigenvalue weighted by molar-refractivity contribution is 5.57. The second kappa shape index (κ2) is 7.82. The predicted octanol–water partition coefficient (Wildman–Crippen LogP) is 4.66. The molecule has 1 saturated heterocycles. The lowest BCUT2D eigenvalue weighted by Crippen LogP contribution is -2.48. The third kappa shape index (κ3) is 4.71. The van der Waals surface area contributed by atoms with Crippen molar-refractivity contribution in [3.63, 3.8) is 0 Å². The van der Waals surface area contributed by atoms with Gasteiger partial charge in [-0.2, -0.15) is 10.2 Å². The van der Waals surface area contributed by atoms with Gasteiger partial charge in [0.15, 0.2) is 0 Å². The summed E-state index contributed by atoms with van der Waals surface area (Å²) < 4.78 is 1.88. The molecule has 2 aromatic rings. The van der Waals surface area contributed by atoms with Crippen molar-refractivity contribution in [1.82, 2.24) is 24.9 Å². The summed E-state index contributed by atoms with van der Waals surface area (Å²) in [5.41, 5.74) is 5.33. The molecule has 29 heavy (non-hydrogen) atoms. The fourth-order valence-electron chi connectivity index (χ4n) is 5.27. The van der Waals surface area contributed by atoms with Gasteiger partial charge in [-0.1, -0.05) is 20.8 Å². The smallest absolute Gasteiger partial charge is 0.111 e. The van der Waals surface area contributed by atoms with E-state index in [0.717, 1.165) is 35.0 Å². The topological polar surface area (TPSA) is 46.8 Å². The lowest BCUT2D eigenvalue weighted by molar-refractivity contribution is -0.0149. The van der Waals surface area contributed by atoms with E-state index in [-0.39, 0.29) is 0 Å². The molecule has 0 radical (unpaired) electrons. The van der Waals surface area contributed by atoms with E-state index in [1.54, 1.807) is 0 Å². The monoisotopic (exact) mass is 395 g/mol. The van der Waals surface area contributed by atoms with Crippen LogP contribution in [0.1, 0.15) is 64.1 Å². The molecule has 2 aliphatic rings. The van der Waals surface area contributed by atoms with Gasteiger partial charge in [-0.05, 0) is 99.5 Å². The van der Waals surface area contributed by atoms with E-state index in [1.165, 1.54) is 51.7 Å². The van der Waals surface area contributed by atoms with Crippen LogP contribution >= 0.6 is 0 Å². The fraction of sp³-hybridized carbons (Fsp3) is 0.708. The fourth-order valence-corrected chi connectivity index (χ4v) is 5.27. The minimum Gasteiger partial charge on any atom is -0.303 e. The van der Waals surface area contributed by atoms with Crippen molar-refractivity contribution in [3.8, 4) is 11.4 Å². The number of aryl methyl sites for hydroxylation is 2. The first-order valence-corrected chi connectivity index (χ1v) is 11.3. The van der Waals surface area contributed by atoms with Crippen LogP contribution in [0.3, 0.4) is 0 Å². The summed E-state index contributed by atoms with van der Waals surface area (Å²) in [6.45, 7) is 13.0. The average Bonchev–Trinajstić information content (AvgIpc) is 2.98. The Hall–Kier alpha value is -1.75. The second-order valence-electron chi connectivity index (χ2n) is 10.8. The van der Waals surface area contributed by atoms with Crippen LogP contribution in [0.15, 0.2) is 18.3 Å². The van der Waals surface area contributed by atoms with Crippen LogP contribution < -0.4 is 0 Å². The zero-order valence-corrected chi connectivity index (χ0v) is 18.9. The summed E-state index contributed by atoms with van der Waals surface area (Å²) in [4.78, 5) is 2.69. The Morgan fingerprint density at radius 1 is 1.10 bits per heavy atom. The van der Waals surface area contributed by atoms with Gasteiger partial charge in [0.25, 0.3) is 0 Å². The van der Waals surface area contributed by atoms with Crippen LogP contribution in [0.25, 0.3) is 11.4 Å². The molecule has 3 heterocycles. The summed E-state index contributed by atoms with van der Waals surface area (Å²) >= 11 is 0. The Bertz CT molecular complexity index is 794. The summed E-state index contributed by atoms with van der Waals surface area (Å²) in [6.07, 6.45) is 9.79. The SMILES string of the molecule is Cc1cnn(C)c1-c1ccc(CC2CC3(CCN(CCC(C)(C)C)CC3)C2)nn1. The molecule has 1 aliphatic heterocycles. The number of rotatable bonds is 5. The van der Waals surface area contributed by atoms with Crippen molar-refractivity contribution in [2.24, 2.45) is 23.8 Å².